The molecule has 0 bridgehead atoms. The van der Waals surface area contributed by atoms with Crippen LogP contribution in [0.1, 0.15) is 5.56 Å². The summed E-state index contributed by atoms with van der Waals surface area (Å²) < 4.78 is 2.60. The number of para-hydroxylation sites is 1. The number of rotatable bonds is 4. The Labute approximate surface area is 174 Å². The molecule has 0 aliphatic rings. The molecule has 2 N–H and O–H groups in total. The van der Waals surface area contributed by atoms with E-state index in [1.165, 1.54) is 17.2 Å². The summed E-state index contributed by atoms with van der Waals surface area (Å²) in [6.07, 6.45) is 4.62. The first-order chi connectivity index (χ1) is 14.6. The number of fused-ring (bicyclic) bond motifs is 2. The largest absolute Gasteiger partial charge is 0.361 e. The van der Waals surface area contributed by atoms with Gasteiger partial charge in [0.2, 0.25) is 5.91 Å². The molecule has 30 heavy (non-hydrogen) atoms. The summed E-state index contributed by atoms with van der Waals surface area (Å²) in [7, 11) is 0. The molecule has 148 valence electrons. The Kier molecular flexibility index (Phi) is 4.33. The van der Waals surface area contributed by atoms with E-state index in [2.05, 4.69) is 20.5 Å². The van der Waals surface area contributed by atoms with Gasteiger partial charge in [-0.05, 0) is 29.8 Å². The highest BCUT2D eigenvalue weighted by atomic mass is 35.5. The SMILES string of the molecule is O=C(Cc1c[nH]c2ccccc12)Nn1cnc2c(cnn2-c2cccc(Cl)c2)c1=O. The van der Waals surface area contributed by atoms with Crippen LogP contribution in [0, 0.1) is 0 Å². The van der Waals surface area contributed by atoms with Gasteiger partial charge in [-0.1, -0.05) is 35.9 Å². The van der Waals surface area contributed by atoms with Crippen molar-refractivity contribution < 1.29 is 4.79 Å². The number of nitrogens with one attached hydrogen (secondary N) is 2. The number of nitrogens with zero attached hydrogens (tertiary/aromatic N) is 4. The van der Waals surface area contributed by atoms with Gasteiger partial charge in [-0.15, -0.1) is 0 Å². The second-order valence-electron chi connectivity index (χ2n) is 6.76. The lowest BCUT2D eigenvalue weighted by Crippen LogP contribution is -2.34. The van der Waals surface area contributed by atoms with Crippen LogP contribution in [0.5, 0.6) is 0 Å². The van der Waals surface area contributed by atoms with Gasteiger partial charge in [0.1, 0.15) is 11.7 Å². The number of carbonyl (C=O) groups is 1. The number of hydrogen-bond donors (Lipinski definition) is 2. The molecule has 5 aromatic rings. The van der Waals surface area contributed by atoms with Gasteiger partial charge in [0.05, 0.1) is 18.3 Å². The third-order valence-electron chi connectivity index (χ3n) is 4.81. The van der Waals surface area contributed by atoms with Crippen molar-refractivity contribution in [1.29, 1.82) is 0 Å². The van der Waals surface area contributed by atoms with Gasteiger partial charge in [-0.25, -0.2) is 14.3 Å². The van der Waals surface area contributed by atoms with Crippen molar-refractivity contribution in [2.24, 2.45) is 0 Å². The van der Waals surface area contributed by atoms with Crippen LogP contribution < -0.4 is 11.0 Å². The molecular weight excluding hydrogens is 404 g/mol. The van der Waals surface area contributed by atoms with Crippen LogP contribution in [0.3, 0.4) is 0 Å². The van der Waals surface area contributed by atoms with Crippen LogP contribution in [0.15, 0.2) is 72.0 Å². The number of aromatic nitrogens is 5. The van der Waals surface area contributed by atoms with Gasteiger partial charge in [-0.2, -0.15) is 5.10 Å². The van der Waals surface area contributed by atoms with E-state index in [1.807, 2.05) is 30.3 Å². The van der Waals surface area contributed by atoms with Crippen LogP contribution >= 0.6 is 11.6 Å². The highest BCUT2D eigenvalue weighted by Gasteiger charge is 2.14. The standard InChI is InChI=1S/C21H15ClN6O2/c22-14-4-3-5-15(9-14)28-20-17(11-25-28)21(30)27(12-24-20)26-19(29)8-13-10-23-18-7-2-1-6-16(13)18/h1-7,9-12,23H,8H2,(H,26,29). The summed E-state index contributed by atoms with van der Waals surface area (Å²) in [6, 6.07) is 14.8. The van der Waals surface area contributed by atoms with Crippen molar-refractivity contribution in [3.8, 4) is 5.69 Å². The third kappa shape index (κ3) is 3.13. The highest BCUT2D eigenvalue weighted by Crippen LogP contribution is 2.19. The molecule has 0 saturated heterocycles. The summed E-state index contributed by atoms with van der Waals surface area (Å²) in [4.78, 5) is 32.8. The van der Waals surface area contributed by atoms with Crippen molar-refractivity contribution in [3.05, 3.63) is 88.2 Å². The quantitative estimate of drug-likeness (QED) is 0.468. The second kappa shape index (κ2) is 7.16. The van der Waals surface area contributed by atoms with Crippen LogP contribution in [0.4, 0.5) is 0 Å². The van der Waals surface area contributed by atoms with Crippen molar-refractivity contribution in [1.82, 2.24) is 24.4 Å². The number of amides is 1. The van der Waals surface area contributed by atoms with Gasteiger partial charge in [0, 0.05) is 22.1 Å². The van der Waals surface area contributed by atoms with Crippen molar-refractivity contribution in [2.45, 2.75) is 6.42 Å². The van der Waals surface area contributed by atoms with Crippen LogP contribution in [-0.4, -0.2) is 30.3 Å². The Morgan fingerprint density at radius 3 is 2.87 bits per heavy atom. The summed E-state index contributed by atoms with van der Waals surface area (Å²) >= 11 is 6.04. The fourth-order valence-electron chi connectivity index (χ4n) is 3.41. The van der Waals surface area contributed by atoms with E-state index >= 15 is 0 Å². The molecule has 0 fully saturated rings. The average molecular weight is 419 g/mol. The third-order valence-corrected chi connectivity index (χ3v) is 5.05. The van der Waals surface area contributed by atoms with Crippen LogP contribution in [0.2, 0.25) is 5.02 Å². The van der Waals surface area contributed by atoms with E-state index in [-0.39, 0.29) is 17.7 Å². The van der Waals surface area contributed by atoms with Crippen molar-refractivity contribution >= 4 is 39.4 Å². The molecule has 0 atom stereocenters. The molecule has 0 unspecified atom stereocenters. The molecule has 1 amide bonds. The fraction of sp³-hybridized carbons (Fsp3) is 0.0476. The Morgan fingerprint density at radius 1 is 1.13 bits per heavy atom. The summed E-state index contributed by atoms with van der Waals surface area (Å²) in [6.45, 7) is 0. The maximum Gasteiger partial charge on any atom is 0.283 e. The number of H-pyrrole nitrogens is 1. The van der Waals surface area contributed by atoms with E-state index in [0.717, 1.165) is 21.1 Å². The smallest absolute Gasteiger partial charge is 0.283 e. The monoisotopic (exact) mass is 418 g/mol. The van der Waals surface area contributed by atoms with Gasteiger partial charge in [0.15, 0.2) is 5.65 Å². The van der Waals surface area contributed by atoms with Crippen molar-refractivity contribution in [2.75, 3.05) is 5.43 Å². The maximum absolute atomic E-state index is 12.8. The molecule has 2 aromatic carbocycles. The minimum Gasteiger partial charge on any atom is -0.361 e. The zero-order valence-electron chi connectivity index (χ0n) is 15.5. The Morgan fingerprint density at radius 2 is 2.00 bits per heavy atom. The van der Waals surface area contributed by atoms with Crippen LogP contribution in [0.25, 0.3) is 27.6 Å². The minimum absolute atomic E-state index is 0.121. The van der Waals surface area contributed by atoms with Gasteiger partial charge >= 0.3 is 0 Å². The van der Waals surface area contributed by atoms with E-state index in [4.69, 9.17) is 11.6 Å². The average Bonchev–Trinajstić information content (AvgIpc) is 3.35. The summed E-state index contributed by atoms with van der Waals surface area (Å²) in [5.41, 5.74) is 5.04. The molecule has 0 saturated carbocycles. The maximum atomic E-state index is 12.8. The Hall–Kier alpha value is -3.91. The molecular formula is C21H15ClN6O2. The first kappa shape index (κ1) is 18.1. The lowest BCUT2D eigenvalue weighted by Gasteiger charge is -2.08. The molecule has 9 heteroatoms. The second-order valence-corrected chi connectivity index (χ2v) is 7.20. The minimum atomic E-state index is -0.416. The van der Waals surface area contributed by atoms with E-state index in [0.29, 0.717) is 16.4 Å². The van der Waals surface area contributed by atoms with E-state index in [9.17, 15) is 9.59 Å². The Balaban J connectivity index is 1.43. The fourth-order valence-corrected chi connectivity index (χ4v) is 3.60. The number of hydrogen-bond acceptors (Lipinski definition) is 4. The molecule has 0 aliphatic heterocycles. The summed E-state index contributed by atoms with van der Waals surface area (Å²) in [5, 5.41) is 6.05. The predicted molar refractivity (Wildman–Crippen MR) is 115 cm³/mol. The summed E-state index contributed by atoms with van der Waals surface area (Å²) in [5.74, 6) is -0.328. The molecule has 0 spiro atoms. The molecule has 3 aromatic heterocycles. The van der Waals surface area contributed by atoms with E-state index < -0.39 is 5.56 Å². The number of aromatic amines is 1. The van der Waals surface area contributed by atoms with Gasteiger partial charge in [0.25, 0.3) is 5.56 Å². The lowest BCUT2D eigenvalue weighted by molar-refractivity contribution is -0.116. The molecule has 0 radical (unpaired) electrons. The lowest BCUT2D eigenvalue weighted by atomic mass is 10.1. The number of carbonyl (C=O) groups excluding carboxylic acids is 1. The molecule has 0 aliphatic carbocycles. The number of halogens is 1. The molecule has 3 heterocycles. The molecule has 8 nitrogen and oxygen atoms in total. The van der Waals surface area contributed by atoms with E-state index in [1.54, 1.807) is 24.4 Å². The first-order valence-electron chi connectivity index (χ1n) is 9.16. The van der Waals surface area contributed by atoms with Gasteiger partial charge in [-0.3, -0.25) is 15.0 Å². The molecule has 5 rings (SSSR count). The highest BCUT2D eigenvalue weighted by molar-refractivity contribution is 6.30. The zero-order valence-corrected chi connectivity index (χ0v) is 16.3. The van der Waals surface area contributed by atoms with Gasteiger partial charge < -0.3 is 4.98 Å². The van der Waals surface area contributed by atoms with Crippen LogP contribution in [-0.2, 0) is 11.2 Å². The normalized spacial score (nSPS) is 11.2. The van der Waals surface area contributed by atoms with Crippen molar-refractivity contribution in [3.63, 3.8) is 0 Å². The first-order valence-corrected chi connectivity index (χ1v) is 9.54. The topological polar surface area (TPSA) is 97.6 Å². The predicted octanol–water partition coefficient (Wildman–Crippen LogP) is 3.03. The zero-order chi connectivity index (χ0) is 20.7. The Bertz CT molecular complexity index is 1470. The number of benzene rings is 2.